The third-order valence-electron chi connectivity index (χ3n) is 3.07. The molecule has 17 heavy (non-hydrogen) atoms. The van der Waals surface area contributed by atoms with Crippen LogP contribution in [-0.4, -0.2) is 20.3 Å². The van der Waals surface area contributed by atoms with Crippen molar-refractivity contribution in [2.45, 2.75) is 38.8 Å². The molecule has 0 amide bonds. The molecule has 0 fully saturated rings. The Bertz CT molecular complexity index is 352. The number of rotatable bonds is 6. The fourth-order valence-electron chi connectivity index (χ4n) is 1.83. The molecule has 0 aliphatic rings. The van der Waals surface area contributed by atoms with E-state index < -0.39 is 0 Å². The number of benzene rings is 1. The van der Waals surface area contributed by atoms with Crippen molar-refractivity contribution >= 4 is 0 Å². The van der Waals surface area contributed by atoms with Gasteiger partial charge in [0.25, 0.3) is 0 Å². The summed E-state index contributed by atoms with van der Waals surface area (Å²) in [6.07, 6.45) is 2.10. The number of aryl methyl sites for hydroxylation is 1. The van der Waals surface area contributed by atoms with Crippen molar-refractivity contribution in [1.29, 1.82) is 0 Å². The first-order chi connectivity index (χ1) is 8.08. The maximum atomic E-state index is 6.21. The minimum absolute atomic E-state index is 0.00227. The smallest absolute Gasteiger partial charge is 0.123 e. The monoisotopic (exact) mass is 237 g/mol. The van der Waals surface area contributed by atoms with E-state index >= 15 is 0 Å². The van der Waals surface area contributed by atoms with Gasteiger partial charge in [-0.25, -0.2) is 0 Å². The van der Waals surface area contributed by atoms with E-state index in [4.69, 9.17) is 15.2 Å². The summed E-state index contributed by atoms with van der Waals surface area (Å²) in [4.78, 5) is 0. The third kappa shape index (κ3) is 4.02. The molecule has 0 aliphatic heterocycles. The number of hydrogen-bond acceptors (Lipinski definition) is 3. The molecule has 96 valence electrons. The van der Waals surface area contributed by atoms with Gasteiger partial charge in [0.05, 0.1) is 13.2 Å². The van der Waals surface area contributed by atoms with E-state index in [-0.39, 0.29) is 12.1 Å². The molecule has 2 N–H and O–H groups in total. The van der Waals surface area contributed by atoms with Crippen LogP contribution < -0.4 is 10.5 Å². The summed E-state index contributed by atoms with van der Waals surface area (Å²) in [5.74, 6) is 0.869. The van der Waals surface area contributed by atoms with Crippen LogP contribution >= 0.6 is 0 Å². The predicted molar refractivity (Wildman–Crippen MR) is 70.4 cm³/mol. The van der Waals surface area contributed by atoms with Crippen molar-refractivity contribution in [3.8, 4) is 5.75 Å². The highest BCUT2D eigenvalue weighted by molar-refractivity contribution is 5.38. The Morgan fingerprint density at radius 2 is 1.94 bits per heavy atom. The Morgan fingerprint density at radius 1 is 1.24 bits per heavy atom. The molecular weight excluding hydrogens is 214 g/mol. The fourth-order valence-corrected chi connectivity index (χ4v) is 1.83. The molecular formula is C14H23NO2. The van der Waals surface area contributed by atoms with Crippen LogP contribution in [0.2, 0.25) is 0 Å². The van der Waals surface area contributed by atoms with Crippen LogP contribution in [0, 0.1) is 6.92 Å². The Morgan fingerprint density at radius 3 is 2.53 bits per heavy atom. The molecule has 1 aromatic rings. The van der Waals surface area contributed by atoms with Gasteiger partial charge in [0.1, 0.15) is 5.75 Å². The molecule has 3 heteroatoms. The predicted octanol–water partition coefficient (Wildman–Crippen LogP) is 2.82. The van der Waals surface area contributed by atoms with Gasteiger partial charge in [0, 0.05) is 18.7 Å². The zero-order valence-corrected chi connectivity index (χ0v) is 11.2. The summed E-state index contributed by atoms with van der Waals surface area (Å²) < 4.78 is 10.6. The minimum Gasteiger partial charge on any atom is -0.496 e. The first-order valence-electron chi connectivity index (χ1n) is 6.01. The van der Waals surface area contributed by atoms with Crippen LogP contribution in [0.3, 0.4) is 0 Å². The van der Waals surface area contributed by atoms with Crippen molar-refractivity contribution < 1.29 is 9.47 Å². The fraction of sp³-hybridized carbons (Fsp3) is 0.571. The van der Waals surface area contributed by atoms with Crippen LogP contribution in [0.5, 0.6) is 5.75 Å². The number of ether oxygens (including phenoxy) is 2. The summed E-state index contributed by atoms with van der Waals surface area (Å²) >= 11 is 0. The number of methoxy groups -OCH3 is 2. The molecule has 2 unspecified atom stereocenters. The summed E-state index contributed by atoms with van der Waals surface area (Å²) in [7, 11) is 3.40. The van der Waals surface area contributed by atoms with Gasteiger partial charge in [-0.2, -0.15) is 0 Å². The third-order valence-corrected chi connectivity index (χ3v) is 3.07. The quantitative estimate of drug-likeness (QED) is 0.827. The summed E-state index contributed by atoms with van der Waals surface area (Å²) in [5, 5.41) is 0. The van der Waals surface area contributed by atoms with E-state index in [0.717, 1.165) is 24.2 Å². The Balaban J connectivity index is 2.73. The average molecular weight is 237 g/mol. The summed E-state index contributed by atoms with van der Waals surface area (Å²) in [5.41, 5.74) is 8.49. The topological polar surface area (TPSA) is 44.5 Å². The van der Waals surface area contributed by atoms with Crippen molar-refractivity contribution in [2.75, 3.05) is 14.2 Å². The molecule has 0 spiro atoms. The maximum Gasteiger partial charge on any atom is 0.123 e. The highest BCUT2D eigenvalue weighted by Crippen LogP contribution is 2.27. The lowest BCUT2D eigenvalue weighted by atomic mass is 9.98. The SMILES string of the molecule is COc1ccc(C)cc1C(N)CCC(C)OC. The molecule has 0 saturated heterocycles. The van der Waals surface area contributed by atoms with Crippen LogP contribution in [-0.2, 0) is 4.74 Å². The molecule has 0 aromatic heterocycles. The standard InChI is InChI=1S/C14H23NO2/c1-10-5-8-14(17-4)12(9-10)13(15)7-6-11(2)16-3/h5,8-9,11,13H,6-7,15H2,1-4H3. The summed E-state index contributed by atoms with van der Waals surface area (Å²) in [6.45, 7) is 4.12. The van der Waals surface area contributed by atoms with E-state index in [0.29, 0.717) is 0 Å². The van der Waals surface area contributed by atoms with Crippen molar-refractivity contribution in [1.82, 2.24) is 0 Å². The molecule has 2 atom stereocenters. The molecule has 1 rings (SSSR count). The molecule has 0 saturated carbocycles. The second-order valence-corrected chi connectivity index (χ2v) is 4.48. The molecule has 3 nitrogen and oxygen atoms in total. The normalized spacial score (nSPS) is 14.4. The van der Waals surface area contributed by atoms with Gasteiger partial charge in [0.15, 0.2) is 0 Å². The van der Waals surface area contributed by atoms with Gasteiger partial charge >= 0.3 is 0 Å². The van der Waals surface area contributed by atoms with Gasteiger partial charge in [-0.3, -0.25) is 0 Å². The average Bonchev–Trinajstić information content (AvgIpc) is 2.35. The summed E-state index contributed by atoms with van der Waals surface area (Å²) in [6, 6.07) is 6.11. The molecule has 0 radical (unpaired) electrons. The van der Waals surface area contributed by atoms with Crippen LogP contribution in [0.15, 0.2) is 18.2 Å². The van der Waals surface area contributed by atoms with E-state index in [2.05, 4.69) is 19.9 Å². The number of hydrogen-bond donors (Lipinski definition) is 1. The second kappa shape index (κ2) is 6.62. The lowest BCUT2D eigenvalue weighted by molar-refractivity contribution is 0.107. The largest absolute Gasteiger partial charge is 0.496 e. The minimum atomic E-state index is 0.00227. The van der Waals surface area contributed by atoms with Crippen molar-refractivity contribution in [2.24, 2.45) is 5.73 Å². The lowest BCUT2D eigenvalue weighted by Crippen LogP contribution is -2.15. The van der Waals surface area contributed by atoms with Crippen LogP contribution in [0.25, 0.3) is 0 Å². The zero-order valence-electron chi connectivity index (χ0n) is 11.2. The van der Waals surface area contributed by atoms with Crippen LogP contribution in [0.1, 0.15) is 36.9 Å². The highest BCUT2D eigenvalue weighted by atomic mass is 16.5. The molecule has 0 aliphatic carbocycles. The van der Waals surface area contributed by atoms with Crippen molar-refractivity contribution in [3.63, 3.8) is 0 Å². The molecule has 0 bridgehead atoms. The van der Waals surface area contributed by atoms with E-state index in [1.165, 1.54) is 5.56 Å². The van der Waals surface area contributed by atoms with E-state index in [1.807, 2.05) is 12.1 Å². The highest BCUT2D eigenvalue weighted by Gasteiger charge is 2.13. The Kier molecular flexibility index (Phi) is 5.45. The van der Waals surface area contributed by atoms with E-state index in [1.54, 1.807) is 14.2 Å². The second-order valence-electron chi connectivity index (χ2n) is 4.48. The van der Waals surface area contributed by atoms with Gasteiger partial charge < -0.3 is 15.2 Å². The zero-order chi connectivity index (χ0) is 12.8. The number of nitrogens with two attached hydrogens (primary N) is 1. The lowest BCUT2D eigenvalue weighted by Gasteiger charge is -2.18. The van der Waals surface area contributed by atoms with Crippen LogP contribution in [0.4, 0.5) is 0 Å². The van der Waals surface area contributed by atoms with Gasteiger partial charge in [0.2, 0.25) is 0 Å². The Labute approximate surface area is 104 Å². The van der Waals surface area contributed by atoms with Gasteiger partial charge in [-0.1, -0.05) is 17.7 Å². The first-order valence-corrected chi connectivity index (χ1v) is 6.01. The molecule has 0 heterocycles. The maximum absolute atomic E-state index is 6.21. The Hall–Kier alpha value is -1.06. The van der Waals surface area contributed by atoms with E-state index in [9.17, 15) is 0 Å². The van der Waals surface area contributed by atoms with Gasteiger partial charge in [-0.05, 0) is 32.8 Å². The molecule has 1 aromatic carbocycles. The first kappa shape index (κ1) is 14.0. The van der Waals surface area contributed by atoms with Gasteiger partial charge in [-0.15, -0.1) is 0 Å². The van der Waals surface area contributed by atoms with Crippen molar-refractivity contribution in [3.05, 3.63) is 29.3 Å².